The van der Waals surface area contributed by atoms with Gasteiger partial charge in [-0.2, -0.15) is 0 Å². The third-order valence-electron chi connectivity index (χ3n) is 4.09. The third kappa shape index (κ3) is 4.42. The summed E-state index contributed by atoms with van der Waals surface area (Å²) in [7, 11) is 0. The zero-order valence-electron chi connectivity index (χ0n) is 11.8. The van der Waals surface area contributed by atoms with Crippen LogP contribution in [0.4, 0.5) is 0 Å². The molecule has 0 bridgehead atoms. The van der Waals surface area contributed by atoms with E-state index in [0.29, 0.717) is 17.4 Å². The van der Waals surface area contributed by atoms with E-state index in [2.05, 4.69) is 41.5 Å². The first-order chi connectivity index (χ1) is 7.27. The quantitative estimate of drug-likeness (QED) is 0.620. The average molecular weight is 228 g/mol. The minimum absolute atomic E-state index is 0.0424. The summed E-state index contributed by atoms with van der Waals surface area (Å²) in [6.07, 6.45) is 2.67. The van der Waals surface area contributed by atoms with Crippen LogP contribution in [-0.2, 0) is 9.47 Å². The molecule has 0 spiro atoms. The van der Waals surface area contributed by atoms with Crippen LogP contribution in [0.15, 0.2) is 0 Å². The lowest BCUT2D eigenvalue weighted by atomic mass is 9.78. The van der Waals surface area contributed by atoms with Crippen LogP contribution in [0, 0.1) is 11.3 Å². The van der Waals surface area contributed by atoms with Crippen molar-refractivity contribution in [3.05, 3.63) is 0 Å². The molecule has 1 aliphatic rings. The topological polar surface area (TPSA) is 21.8 Å². The summed E-state index contributed by atoms with van der Waals surface area (Å²) >= 11 is 0. The molecule has 1 aliphatic heterocycles. The van der Waals surface area contributed by atoms with Crippen molar-refractivity contribution in [1.29, 1.82) is 0 Å². The number of hydrogen-bond acceptors (Lipinski definition) is 2. The molecule has 1 fully saturated rings. The average Bonchev–Trinajstić information content (AvgIpc) is 2.97. The van der Waals surface area contributed by atoms with Gasteiger partial charge in [-0.25, -0.2) is 0 Å². The highest BCUT2D eigenvalue weighted by molar-refractivity contribution is 4.82. The van der Waals surface area contributed by atoms with E-state index in [0.717, 1.165) is 19.6 Å². The maximum atomic E-state index is 6.05. The van der Waals surface area contributed by atoms with E-state index >= 15 is 0 Å². The SMILES string of the molecule is CCC(C)(C)C(C)COC(C)(C)CC1CO1. The Hall–Kier alpha value is -0.0800. The van der Waals surface area contributed by atoms with Gasteiger partial charge in [0.1, 0.15) is 0 Å². The van der Waals surface area contributed by atoms with Crippen molar-refractivity contribution in [2.24, 2.45) is 11.3 Å². The van der Waals surface area contributed by atoms with Gasteiger partial charge in [-0.3, -0.25) is 0 Å². The van der Waals surface area contributed by atoms with Crippen molar-refractivity contribution in [3.8, 4) is 0 Å². The maximum absolute atomic E-state index is 6.05. The summed E-state index contributed by atoms with van der Waals surface area (Å²) in [6.45, 7) is 15.3. The Morgan fingerprint density at radius 3 is 2.31 bits per heavy atom. The molecular weight excluding hydrogens is 200 g/mol. The molecule has 0 aliphatic carbocycles. The van der Waals surface area contributed by atoms with Crippen LogP contribution < -0.4 is 0 Å². The van der Waals surface area contributed by atoms with Gasteiger partial charge in [-0.1, -0.05) is 34.1 Å². The van der Waals surface area contributed by atoms with E-state index in [-0.39, 0.29) is 5.60 Å². The van der Waals surface area contributed by atoms with Crippen LogP contribution in [0.5, 0.6) is 0 Å². The third-order valence-corrected chi connectivity index (χ3v) is 4.09. The van der Waals surface area contributed by atoms with Crippen molar-refractivity contribution in [1.82, 2.24) is 0 Å². The molecule has 2 atom stereocenters. The monoisotopic (exact) mass is 228 g/mol. The molecule has 0 aromatic carbocycles. The summed E-state index contributed by atoms with van der Waals surface area (Å²) in [5.41, 5.74) is 0.325. The van der Waals surface area contributed by atoms with Crippen LogP contribution in [-0.4, -0.2) is 24.9 Å². The van der Waals surface area contributed by atoms with E-state index in [1.165, 1.54) is 6.42 Å². The molecule has 1 saturated heterocycles. The van der Waals surface area contributed by atoms with Gasteiger partial charge in [0.25, 0.3) is 0 Å². The van der Waals surface area contributed by atoms with E-state index in [9.17, 15) is 0 Å². The minimum atomic E-state index is -0.0424. The summed E-state index contributed by atoms with van der Waals surface area (Å²) in [6, 6.07) is 0. The van der Waals surface area contributed by atoms with Gasteiger partial charge >= 0.3 is 0 Å². The second-order valence-electron chi connectivity index (χ2n) is 6.47. The van der Waals surface area contributed by atoms with Gasteiger partial charge in [0.15, 0.2) is 0 Å². The van der Waals surface area contributed by atoms with Gasteiger partial charge in [-0.05, 0) is 25.2 Å². The molecule has 0 aromatic rings. The van der Waals surface area contributed by atoms with Crippen molar-refractivity contribution >= 4 is 0 Å². The van der Waals surface area contributed by atoms with E-state index < -0.39 is 0 Å². The normalized spacial score (nSPS) is 23.2. The van der Waals surface area contributed by atoms with E-state index in [1.54, 1.807) is 0 Å². The number of hydrogen-bond donors (Lipinski definition) is 0. The zero-order valence-corrected chi connectivity index (χ0v) is 11.8. The van der Waals surface area contributed by atoms with Crippen molar-refractivity contribution in [2.75, 3.05) is 13.2 Å². The molecule has 96 valence electrons. The summed E-state index contributed by atoms with van der Waals surface area (Å²) < 4.78 is 11.3. The Morgan fingerprint density at radius 2 is 1.88 bits per heavy atom. The summed E-state index contributed by atoms with van der Waals surface area (Å²) in [4.78, 5) is 0. The summed E-state index contributed by atoms with van der Waals surface area (Å²) in [5, 5.41) is 0. The van der Waals surface area contributed by atoms with Crippen LogP contribution >= 0.6 is 0 Å². The molecule has 0 aromatic heterocycles. The lowest BCUT2D eigenvalue weighted by Gasteiger charge is -2.34. The molecule has 2 heteroatoms. The predicted octanol–water partition coefficient (Wildman–Crippen LogP) is 3.64. The molecule has 2 unspecified atom stereocenters. The molecular formula is C14H28O2. The Morgan fingerprint density at radius 1 is 1.31 bits per heavy atom. The smallest absolute Gasteiger partial charge is 0.0837 e. The molecule has 0 N–H and O–H groups in total. The summed E-state index contributed by atoms with van der Waals surface area (Å²) in [5.74, 6) is 0.594. The molecule has 0 saturated carbocycles. The molecule has 1 rings (SSSR count). The van der Waals surface area contributed by atoms with Crippen LogP contribution in [0.1, 0.15) is 54.4 Å². The molecule has 1 heterocycles. The Kier molecular flexibility index (Phi) is 4.42. The molecule has 0 amide bonds. The Bertz CT molecular complexity index is 217. The first-order valence-electron chi connectivity index (χ1n) is 6.52. The van der Waals surface area contributed by atoms with Crippen LogP contribution in [0.3, 0.4) is 0 Å². The first kappa shape index (κ1) is 14.0. The van der Waals surface area contributed by atoms with Crippen molar-refractivity contribution in [2.45, 2.75) is 66.1 Å². The van der Waals surface area contributed by atoms with Gasteiger partial charge in [-0.15, -0.1) is 0 Å². The minimum Gasteiger partial charge on any atom is -0.375 e. The number of rotatable bonds is 7. The standard InChI is InChI=1S/C14H28O2/c1-7-13(3,4)11(2)9-16-14(5,6)8-12-10-15-12/h11-12H,7-10H2,1-6H3. The Labute approximate surface area is 101 Å². The highest BCUT2D eigenvalue weighted by Gasteiger charge is 2.33. The fraction of sp³-hybridized carbons (Fsp3) is 1.00. The van der Waals surface area contributed by atoms with Crippen molar-refractivity contribution in [3.63, 3.8) is 0 Å². The van der Waals surface area contributed by atoms with Crippen LogP contribution in [0.2, 0.25) is 0 Å². The second kappa shape index (κ2) is 5.05. The van der Waals surface area contributed by atoms with Gasteiger partial charge in [0, 0.05) is 6.42 Å². The first-order valence-corrected chi connectivity index (χ1v) is 6.52. The Balaban J connectivity index is 2.31. The number of epoxide rings is 1. The zero-order chi connectivity index (χ0) is 12.4. The lowest BCUT2D eigenvalue weighted by Crippen LogP contribution is -2.32. The number of ether oxygens (including phenoxy) is 2. The predicted molar refractivity (Wildman–Crippen MR) is 67.6 cm³/mol. The van der Waals surface area contributed by atoms with E-state index in [4.69, 9.17) is 9.47 Å². The van der Waals surface area contributed by atoms with Gasteiger partial charge in [0.05, 0.1) is 24.9 Å². The largest absolute Gasteiger partial charge is 0.375 e. The van der Waals surface area contributed by atoms with Gasteiger partial charge in [0.2, 0.25) is 0 Å². The second-order valence-corrected chi connectivity index (χ2v) is 6.47. The highest BCUT2D eigenvalue weighted by atomic mass is 16.6. The molecule has 0 radical (unpaired) electrons. The fourth-order valence-electron chi connectivity index (χ4n) is 1.72. The van der Waals surface area contributed by atoms with Crippen LogP contribution in [0.25, 0.3) is 0 Å². The highest BCUT2D eigenvalue weighted by Crippen LogP contribution is 2.32. The molecule has 16 heavy (non-hydrogen) atoms. The van der Waals surface area contributed by atoms with E-state index in [1.807, 2.05) is 0 Å². The molecule has 2 nitrogen and oxygen atoms in total. The fourth-order valence-corrected chi connectivity index (χ4v) is 1.72. The van der Waals surface area contributed by atoms with Crippen molar-refractivity contribution < 1.29 is 9.47 Å². The van der Waals surface area contributed by atoms with Gasteiger partial charge < -0.3 is 9.47 Å². The maximum Gasteiger partial charge on any atom is 0.0837 e. The lowest BCUT2D eigenvalue weighted by molar-refractivity contribution is -0.0593.